The first-order valence-corrected chi connectivity index (χ1v) is 7.00. The van der Waals surface area contributed by atoms with Gasteiger partial charge in [0.1, 0.15) is 16.2 Å². The molecular weight excluding hydrogens is 286 g/mol. The second kappa shape index (κ2) is 4.94. The van der Waals surface area contributed by atoms with Gasteiger partial charge in [0, 0.05) is 4.88 Å². The van der Waals surface area contributed by atoms with Gasteiger partial charge >= 0.3 is 5.97 Å². The molecule has 0 saturated carbocycles. The van der Waals surface area contributed by atoms with E-state index in [0.717, 1.165) is 21.5 Å². The van der Waals surface area contributed by atoms with Gasteiger partial charge in [-0.15, -0.1) is 11.3 Å². The molecule has 0 saturated heterocycles. The minimum Gasteiger partial charge on any atom is -0.480 e. The van der Waals surface area contributed by atoms with Crippen LogP contribution in [-0.4, -0.2) is 26.6 Å². The molecule has 2 heterocycles. The molecule has 0 fully saturated rings. The average Bonchev–Trinajstić information content (AvgIpc) is 2.71. The Bertz CT molecular complexity index is 639. The summed E-state index contributed by atoms with van der Waals surface area (Å²) < 4.78 is 0. The van der Waals surface area contributed by atoms with Crippen LogP contribution in [0.15, 0.2) is 6.07 Å². The number of nitrogens with zero attached hydrogens (tertiary/aromatic N) is 2. The standard InChI is InChI=1S/C12H14ClN3O2S/c1-4-6-5-7-8(16-12(2,3)10(17)18)14-11(13)15-9(7)19-6/h5H,4H2,1-3H3,(H,17,18)(H,14,15,16). The van der Waals surface area contributed by atoms with Crippen molar-refractivity contribution in [1.82, 2.24) is 9.97 Å². The third-order valence-electron chi connectivity index (χ3n) is 2.73. The van der Waals surface area contributed by atoms with E-state index in [-0.39, 0.29) is 5.28 Å². The topological polar surface area (TPSA) is 75.1 Å². The van der Waals surface area contributed by atoms with E-state index in [0.29, 0.717) is 5.82 Å². The molecular formula is C12H14ClN3O2S. The molecule has 0 amide bonds. The largest absolute Gasteiger partial charge is 0.480 e. The third-order valence-corrected chi connectivity index (χ3v) is 4.07. The highest BCUT2D eigenvalue weighted by molar-refractivity contribution is 7.18. The van der Waals surface area contributed by atoms with E-state index in [9.17, 15) is 4.79 Å². The summed E-state index contributed by atoms with van der Waals surface area (Å²) >= 11 is 7.42. The number of aromatic nitrogens is 2. The Morgan fingerprint density at radius 2 is 2.21 bits per heavy atom. The lowest BCUT2D eigenvalue weighted by atomic mass is 10.1. The summed E-state index contributed by atoms with van der Waals surface area (Å²) in [7, 11) is 0. The number of thiophene rings is 1. The number of carboxylic acids is 1. The third kappa shape index (κ3) is 2.79. The normalized spacial score (nSPS) is 11.8. The first-order valence-electron chi connectivity index (χ1n) is 5.81. The van der Waals surface area contributed by atoms with Gasteiger partial charge in [0.05, 0.1) is 5.39 Å². The van der Waals surface area contributed by atoms with Gasteiger partial charge in [0.15, 0.2) is 0 Å². The number of hydrogen-bond donors (Lipinski definition) is 2. The first-order chi connectivity index (χ1) is 8.83. The van der Waals surface area contributed by atoms with Crippen LogP contribution in [0.1, 0.15) is 25.6 Å². The summed E-state index contributed by atoms with van der Waals surface area (Å²) in [6.45, 7) is 5.20. The average molecular weight is 300 g/mol. The monoisotopic (exact) mass is 299 g/mol. The van der Waals surface area contributed by atoms with Crippen LogP contribution >= 0.6 is 22.9 Å². The van der Waals surface area contributed by atoms with Crippen molar-refractivity contribution in [2.75, 3.05) is 5.32 Å². The Labute approximate surface area is 119 Å². The van der Waals surface area contributed by atoms with Crippen LogP contribution < -0.4 is 5.32 Å². The fraction of sp³-hybridized carbons (Fsp3) is 0.417. The molecule has 2 aromatic rings. The molecule has 0 radical (unpaired) electrons. The Balaban J connectivity index is 2.53. The summed E-state index contributed by atoms with van der Waals surface area (Å²) in [6, 6.07) is 1.97. The lowest BCUT2D eigenvalue weighted by molar-refractivity contribution is -0.141. The molecule has 102 valence electrons. The zero-order valence-corrected chi connectivity index (χ0v) is 12.4. The van der Waals surface area contributed by atoms with Gasteiger partial charge in [-0.25, -0.2) is 14.8 Å². The van der Waals surface area contributed by atoms with Gasteiger partial charge in [0.25, 0.3) is 0 Å². The minimum atomic E-state index is -1.13. The summed E-state index contributed by atoms with van der Waals surface area (Å²) in [4.78, 5) is 21.4. The number of halogens is 1. The molecule has 7 heteroatoms. The molecule has 0 aliphatic heterocycles. The van der Waals surface area contributed by atoms with Crippen LogP contribution in [0.5, 0.6) is 0 Å². The van der Waals surface area contributed by atoms with E-state index in [1.165, 1.54) is 11.3 Å². The number of nitrogens with one attached hydrogen (secondary N) is 1. The molecule has 0 atom stereocenters. The van der Waals surface area contributed by atoms with Crippen molar-refractivity contribution in [2.45, 2.75) is 32.7 Å². The lowest BCUT2D eigenvalue weighted by Gasteiger charge is -2.22. The molecule has 2 N–H and O–H groups in total. The Morgan fingerprint density at radius 1 is 1.53 bits per heavy atom. The summed E-state index contributed by atoms with van der Waals surface area (Å²) in [5.41, 5.74) is -1.13. The molecule has 0 aliphatic carbocycles. The van der Waals surface area contributed by atoms with Crippen LogP contribution in [0.4, 0.5) is 5.82 Å². The van der Waals surface area contributed by atoms with Crippen molar-refractivity contribution >= 4 is 44.9 Å². The number of anilines is 1. The molecule has 5 nitrogen and oxygen atoms in total. The smallest absolute Gasteiger partial charge is 0.328 e. The number of aliphatic carboxylic acids is 1. The Hall–Kier alpha value is -1.40. The number of aryl methyl sites for hydroxylation is 1. The number of rotatable bonds is 4. The van der Waals surface area contributed by atoms with Crippen LogP contribution in [0.3, 0.4) is 0 Å². The number of hydrogen-bond acceptors (Lipinski definition) is 5. The fourth-order valence-corrected chi connectivity index (χ4v) is 2.75. The van der Waals surface area contributed by atoms with E-state index in [1.54, 1.807) is 13.8 Å². The summed E-state index contributed by atoms with van der Waals surface area (Å²) in [6.07, 6.45) is 0.889. The maximum Gasteiger partial charge on any atom is 0.328 e. The first kappa shape index (κ1) is 14.0. The van der Waals surface area contributed by atoms with Crippen molar-refractivity contribution in [1.29, 1.82) is 0 Å². The van der Waals surface area contributed by atoms with Crippen molar-refractivity contribution in [3.05, 3.63) is 16.2 Å². The van der Waals surface area contributed by atoms with E-state index in [2.05, 4.69) is 15.3 Å². The number of carbonyl (C=O) groups is 1. The molecule has 0 unspecified atom stereocenters. The van der Waals surface area contributed by atoms with Gasteiger partial charge in [-0.05, 0) is 37.9 Å². The predicted molar refractivity (Wildman–Crippen MR) is 77.1 cm³/mol. The summed E-state index contributed by atoms with van der Waals surface area (Å²) in [5, 5.41) is 13.0. The van der Waals surface area contributed by atoms with Crippen molar-refractivity contribution < 1.29 is 9.90 Å². The molecule has 0 aliphatic rings. The van der Waals surface area contributed by atoms with Crippen LogP contribution in [0.2, 0.25) is 5.28 Å². The van der Waals surface area contributed by atoms with Crippen LogP contribution in [0, 0.1) is 0 Å². The maximum absolute atomic E-state index is 11.2. The predicted octanol–water partition coefficient (Wildman–Crippen LogP) is 3.18. The highest BCUT2D eigenvalue weighted by Gasteiger charge is 2.28. The van der Waals surface area contributed by atoms with Gasteiger partial charge < -0.3 is 10.4 Å². The van der Waals surface area contributed by atoms with Crippen LogP contribution in [-0.2, 0) is 11.2 Å². The molecule has 19 heavy (non-hydrogen) atoms. The second-order valence-electron chi connectivity index (χ2n) is 4.68. The van der Waals surface area contributed by atoms with Gasteiger partial charge in [0.2, 0.25) is 5.28 Å². The van der Waals surface area contributed by atoms with Crippen molar-refractivity contribution in [3.8, 4) is 0 Å². The van der Waals surface area contributed by atoms with Crippen LogP contribution in [0.25, 0.3) is 10.2 Å². The second-order valence-corrected chi connectivity index (χ2v) is 6.13. The molecule has 2 aromatic heterocycles. The Kier molecular flexibility index (Phi) is 3.64. The fourth-order valence-electron chi connectivity index (χ4n) is 1.56. The highest BCUT2D eigenvalue weighted by atomic mass is 35.5. The summed E-state index contributed by atoms with van der Waals surface area (Å²) in [5.74, 6) is -0.500. The van der Waals surface area contributed by atoms with Crippen molar-refractivity contribution in [2.24, 2.45) is 0 Å². The number of fused-ring (bicyclic) bond motifs is 1. The van der Waals surface area contributed by atoms with E-state index >= 15 is 0 Å². The molecule has 2 rings (SSSR count). The zero-order chi connectivity index (χ0) is 14.2. The van der Waals surface area contributed by atoms with Gasteiger partial charge in [-0.3, -0.25) is 0 Å². The number of carboxylic acid groups (broad SMARTS) is 1. The zero-order valence-electron chi connectivity index (χ0n) is 10.8. The van der Waals surface area contributed by atoms with Gasteiger partial charge in [-0.2, -0.15) is 0 Å². The Morgan fingerprint density at radius 3 is 2.79 bits per heavy atom. The van der Waals surface area contributed by atoms with Gasteiger partial charge in [-0.1, -0.05) is 6.92 Å². The highest BCUT2D eigenvalue weighted by Crippen LogP contribution is 2.31. The lowest BCUT2D eigenvalue weighted by Crippen LogP contribution is -2.40. The molecule has 0 aromatic carbocycles. The quantitative estimate of drug-likeness (QED) is 0.848. The minimum absolute atomic E-state index is 0.112. The van der Waals surface area contributed by atoms with E-state index in [1.807, 2.05) is 13.0 Å². The SMILES string of the molecule is CCc1cc2c(NC(C)(C)C(=O)O)nc(Cl)nc2s1. The van der Waals surface area contributed by atoms with E-state index in [4.69, 9.17) is 16.7 Å². The van der Waals surface area contributed by atoms with Crippen molar-refractivity contribution in [3.63, 3.8) is 0 Å². The maximum atomic E-state index is 11.2. The molecule has 0 spiro atoms. The van der Waals surface area contributed by atoms with E-state index < -0.39 is 11.5 Å². The molecule has 0 bridgehead atoms.